The van der Waals surface area contributed by atoms with Crippen molar-refractivity contribution < 1.29 is 18.7 Å². The van der Waals surface area contributed by atoms with E-state index in [1.54, 1.807) is 18.2 Å². The maximum absolute atomic E-state index is 14.4. The normalized spacial score (nSPS) is 13.9. The topological polar surface area (TPSA) is 40.5 Å². The van der Waals surface area contributed by atoms with Gasteiger partial charge in [0, 0.05) is 12.6 Å². The fraction of sp³-hybridized carbons (Fsp3) is 0.278. The highest BCUT2D eigenvalue weighted by Crippen LogP contribution is 2.29. The van der Waals surface area contributed by atoms with Crippen LogP contribution in [0.15, 0.2) is 42.5 Å². The van der Waals surface area contributed by atoms with Crippen molar-refractivity contribution in [2.75, 3.05) is 13.2 Å². The molecule has 0 bridgehead atoms. The first-order chi connectivity index (χ1) is 11.1. The summed E-state index contributed by atoms with van der Waals surface area (Å²) in [5.74, 6) is -1.37. The molecule has 0 aromatic heterocycles. The lowest BCUT2D eigenvalue weighted by Gasteiger charge is -2.21. The summed E-state index contributed by atoms with van der Waals surface area (Å²) in [4.78, 5) is 14.0. The van der Waals surface area contributed by atoms with Gasteiger partial charge in [0.1, 0.15) is 11.6 Å². The zero-order chi connectivity index (χ0) is 16.4. The maximum Gasteiger partial charge on any atom is 0.257 e. The summed E-state index contributed by atoms with van der Waals surface area (Å²) in [7, 11) is 0. The Kier molecular flexibility index (Phi) is 4.39. The van der Waals surface area contributed by atoms with Crippen LogP contribution in [0.1, 0.15) is 23.2 Å². The summed E-state index contributed by atoms with van der Waals surface area (Å²) < 4.78 is 27.3. The van der Waals surface area contributed by atoms with Gasteiger partial charge in [-0.1, -0.05) is 18.2 Å². The Balaban J connectivity index is 1.86. The van der Waals surface area contributed by atoms with Gasteiger partial charge in [0.05, 0.1) is 12.2 Å². The molecule has 1 saturated carbocycles. The molecular weight excluding hydrogens is 300 g/mol. The molecule has 1 N–H and O–H groups in total. The Bertz CT molecular complexity index is 711. The van der Waals surface area contributed by atoms with E-state index in [1.807, 2.05) is 0 Å². The fourth-order valence-electron chi connectivity index (χ4n) is 2.61. The van der Waals surface area contributed by atoms with Crippen LogP contribution in [0.25, 0.3) is 11.1 Å². The second-order valence-electron chi connectivity index (χ2n) is 5.65. The first-order valence-electron chi connectivity index (χ1n) is 7.57. The van der Waals surface area contributed by atoms with Crippen LogP contribution in [0.5, 0.6) is 0 Å². The van der Waals surface area contributed by atoms with Crippen molar-refractivity contribution in [1.82, 2.24) is 4.90 Å². The predicted octanol–water partition coefficient (Wildman–Crippen LogP) is 3.23. The standard InChI is InChI=1S/C18H17F2NO2/c19-14-4-1-12(2-5-14)13-3-8-16(17(20)11-13)18(23)21(9-10-22)15-6-7-15/h1-5,8,11,15,22H,6-7,9-10H2. The van der Waals surface area contributed by atoms with Crippen LogP contribution in [0.3, 0.4) is 0 Å². The second-order valence-corrected chi connectivity index (χ2v) is 5.65. The molecule has 0 unspecified atom stereocenters. The predicted molar refractivity (Wildman–Crippen MR) is 82.9 cm³/mol. The number of nitrogens with zero attached hydrogens (tertiary/aromatic N) is 1. The lowest BCUT2D eigenvalue weighted by Crippen LogP contribution is -2.36. The second kappa shape index (κ2) is 6.46. The number of amides is 1. The SMILES string of the molecule is O=C(c1ccc(-c2ccc(F)cc2)cc1F)N(CCO)C1CC1. The summed E-state index contributed by atoms with van der Waals surface area (Å²) in [5, 5.41) is 9.08. The van der Waals surface area contributed by atoms with Crippen LogP contribution in [0.2, 0.25) is 0 Å². The van der Waals surface area contributed by atoms with Crippen molar-refractivity contribution in [3.8, 4) is 11.1 Å². The third kappa shape index (κ3) is 3.40. The Morgan fingerprint density at radius 2 is 1.74 bits per heavy atom. The zero-order valence-electron chi connectivity index (χ0n) is 12.5. The van der Waals surface area contributed by atoms with Crippen LogP contribution in [0, 0.1) is 11.6 Å². The molecule has 2 aromatic rings. The average molecular weight is 317 g/mol. The van der Waals surface area contributed by atoms with Gasteiger partial charge in [-0.05, 0) is 48.2 Å². The van der Waals surface area contributed by atoms with Crippen molar-refractivity contribution in [1.29, 1.82) is 0 Å². The highest BCUT2D eigenvalue weighted by molar-refractivity contribution is 5.95. The van der Waals surface area contributed by atoms with Gasteiger partial charge in [-0.3, -0.25) is 4.79 Å². The van der Waals surface area contributed by atoms with E-state index in [9.17, 15) is 13.6 Å². The summed E-state index contributed by atoms with van der Waals surface area (Å²) in [5.41, 5.74) is 1.26. The van der Waals surface area contributed by atoms with E-state index in [2.05, 4.69) is 0 Å². The molecule has 5 heteroatoms. The highest BCUT2D eigenvalue weighted by Gasteiger charge is 2.33. The molecule has 1 fully saturated rings. The molecule has 3 rings (SSSR count). The number of halogens is 2. The highest BCUT2D eigenvalue weighted by atomic mass is 19.1. The van der Waals surface area contributed by atoms with Crippen LogP contribution in [0.4, 0.5) is 8.78 Å². The molecular formula is C18H17F2NO2. The largest absolute Gasteiger partial charge is 0.395 e. The number of rotatable bonds is 5. The van der Waals surface area contributed by atoms with Crippen molar-refractivity contribution in [2.24, 2.45) is 0 Å². The van der Waals surface area contributed by atoms with E-state index in [0.717, 1.165) is 12.8 Å². The van der Waals surface area contributed by atoms with Gasteiger partial charge < -0.3 is 10.0 Å². The van der Waals surface area contributed by atoms with E-state index in [1.165, 1.54) is 29.2 Å². The molecule has 0 saturated heterocycles. The number of carbonyl (C=O) groups is 1. The molecule has 0 heterocycles. The number of benzene rings is 2. The Labute approximate surface area is 133 Å². The summed E-state index contributed by atoms with van der Waals surface area (Å²) in [6.45, 7) is 0.0696. The molecule has 1 aliphatic carbocycles. The molecule has 1 amide bonds. The Morgan fingerprint density at radius 1 is 1.09 bits per heavy atom. The molecule has 3 nitrogen and oxygen atoms in total. The molecule has 2 aromatic carbocycles. The first kappa shape index (κ1) is 15.6. The molecule has 0 aliphatic heterocycles. The quantitative estimate of drug-likeness (QED) is 0.920. The van der Waals surface area contributed by atoms with Crippen molar-refractivity contribution in [3.05, 3.63) is 59.7 Å². The van der Waals surface area contributed by atoms with E-state index >= 15 is 0 Å². The smallest absolute Gasteiger partial charge is 0.257 e. The monoisotopic (exact) mass is 317 g/mol. The first-order valence-corrected chi connectivity index (χ1v) is 7.57. The van der Waals surface area contributed by atoms with E-state index in [4.69, 9.17) is 5.11 Å². The van der Waals surface area contributed by atoms with Crippen molar-refractivity contribution >= 4 is 5.91 Å². The van der Waals surface area contributed by atoms with Gasteiger partial charge in [-0.15, -0.1) is 0 Å². The summed E-state index contributed by atoms with van der Waals surface area (Å²) in [6, 6.07) is 10.2. The Morgan fingerprint density at radius 3 is 2.30 bits per heavy atom. The maximum atomic E-state index is 14.4. The van der Waals surface area contributed by atoms with Crippen molar-refractivity contribution in [3.63, 3.8) is 0 Å². The number of hydrogen-bond donors (Lipinski definition) is 1. The van der Waals surface area contributed by atoms with Crippen LogP contribution < -0.4 is 0 Å². The number of aliphatic hydroxyl groups is 1. The van der Waals surface area contributed by atoms with Gasteiger partial charge in [-0.2, -0.15) is 0 Å². The van der Waals surface area contributed by atoms with Gasteiger partial charge in [0.15, 0.2) is 0 Å². The third-order valence-corrected chi connectivity index (χ3v) is 3.97. The Hall–Kier alpha value is -2.27. The van der Waals surface area contributed by atoms with Gasteiger partial charge in [0.25, 0.3) is 5.91 Å². The number of hydrogen-bond acceptors (Lipinski definition) is 2. The third-order valence-electron chi connectivity index (χ3n) is 3.97. The average Bonchev–Trinajstić information content (AvgIpc) is 3.37. The fourth-order valence-corrected chi connectivity index (χ4v) is 2.61. The van der Waals surface area contributed by atoms with E-state index in [0.29, 0.717) is 11.1 Å². The van der Waals surface area contributed by atoms with Crippen LogP contribution in [-0.2, 0) is 0 Å². The molecule has 23 heavy (non-hydrogen) atoms. The zero-order valence-corrected chi connectivity index (χ0v) is 12.5. The minimum atomic E-state index is -0.611. The van der Waals surface area contributed by atoms with Crippen LogP contribution in [-0.4, -0.2) is 35.1 Å². The molecule has 120 valence electrons. The minimum Gasteiger partial charge on any atom is -0.395 e. The molecule has 1 aliphatic rings. The lowest BCUT2D eigenvalue weighted by molar-refractivity contribution is 0.0703. The van der Waals surface area contributed by atoms with Crippen molar-refractivity contribution in [2.45, 2.75) is 18.9 Å². The van der Waals surface area contributed by atoms with Gasteiger partial charge in [0.2, 0.25) is 0 Å². The molecule has 0 spiro atoms. The minimum absolute atomic E-state index is 0.00351. The van der Waals surface area contributed by atoms with Crippen LogP contribution >= 0.6 is 0 Å². The van der Waals surface area contributed by atoms with E-state index < -0.39 is 11.7 Å². The lowest BCUT2D eigenvalue weighted by atomic mass is 10.0. The summed E-state index contributed by atoms with van der Waals surface area (Å²) in [6.07, 6.45) is 1.78. The number of aliphatic hydroxyl groups excluding tert-OH is 1. The van der Waals surface area contributed by atoms with Gasteiger partial charge >= 0.3 is 0 Å². The molecule has 0 radical (unpaired) electrons. The molecule has 0 atom stereocenters. The summed E-state index contributed by atoms with van der Waals surface area (Å²) >= 11 is 0. The van der Waals surface area contributed by atoms with Gasteiger partial charge in [-0.25, -0.2) is 8.78 Å². The van der Waals surface area contributed by atoms with E-state index in [-0.39, 0.29) is 30.6 Å². The number of carbonyl (C=O) groups excluding carboxylic acids is 1.